The largest absolute Gasteiger partial charge is 0.294 e. The van der Waals surface area contributed by atoms with Crippen LogP contribution in [0.3, 0.4) is 0 Å². The maximum Gasteiger partial charge on any atom is 0.169 e. The Morgan fingerprint density at radius 2 is 2.21 bits per heavy atom. The molecular weight excluding hydrogens is 382 g/mol. The van der Waals surface area contributed by atoms with E-state index in [1.165, 1.54) is 18.2 Å². The first-order valence-corrected chi connectivity index (χ1v) is 7.02. The van der Waals surface area contributed by atoms with Crippen LogP contribution in [0, 0.1) is 16.3 Å². The summed E-state index contributed by atoms with van der Waals surface area (Å²) < 4.78 is 15.2. The van der Waals surface area contributed by atoms with Crippen molar-refractivity contribution >= 4 is 40.0 Å². The lowest BCUT2D eigenvalue weighted by Gasteiger charge is -2.05. The smallest absolute Gasteiger partial charge is 0.169 e. The molecule has 0 fully saturated rings. The Hall–Kier alpha value is -0.950. The molecule has 19 heavy (non-hydrogen) atoms. The molecule has 3 nitrogen and oxygen atoms in total. The summed E-state index contributed by atoms with van der Waals surface area (Å²) in [4.78, 5) is 12.2. The number of ketones is 1. The molecule has 0 aliphatic carbocycles. The molecule has 0 atom stereocenters. The van der Waals surface area contributed by atoms with E-state index in [2.05, 4.69) is 5.10 Å². The Morgan fingerprint density at radius 1 is 1.53 bits per heavy atom. The first-order chi connectivity index (χ1) is 8.90. The number of benzene rings is 1. The SMILES string of the molecule is Cc1nn(C)c(CC(=O)c2ccc(F)cc2I)c1Cl. The summed E-state index contributed by atoms with van der Waals surface area (Å²) in [6.07, 6.45) is 0.151. The third-order valence-corrected chi connectivity index (χ3v) is 4.21. The van der Waals surface area contributed by atoms with Gasteiger partial charge in [0.25, 0.3) is 0 Å². The monoisotopic (exact) mass is 392 g/mol. The predicted octanol–water partition coefficient (Wildman–Crippen LogP) is 3.55. The second-order valence-corrected chi connectivity index (χ2v) is 5.73. The average Bonchev–Trinajstić information content (AvgIpc) is 2.56. The first kappa shape index (κ1) is 14.5. The average molecular weight is 393 g/mol. The third kappa shape index (κ3) is 2.97. The minimum atomic E-state index is -0.352. The van der Waals surface area contributed by atoms with Gasteiger partial charge in [0.1, 0.15) is 5.82 Å². The van der Waals surface area contributed by atoms with E-state index in [9.17, 15) is 9.18 Å². The molecule has 2 rings (SSSR count). The number of aryl methyl sites for hydroxylation is 2. The molecule has 0 N–H and O–H groups in total. The van der Waals surface area contributed by atoms with Gasteiger partial charge in [-0.05, 0) is 47.7 Å². The highest BCUT2D eigenvalue weighted by Gasteiger charge is 2.17. The Bertz CT molecular complexity index is 654. The summed E-state index contributed by atoms with van der Waals surface area (Å²) >= 11 is 8.06. The molecule has 0 aliphatic rings. The van der Waals surface area contributed by atoms with Crippen LogP contribution in [0.15, 0.2) is 18.2 Å². The van der Waals surface area contributed by atoms with Gasteiger partial charge in [-0.3, -0.25) is 9.48 Å². The molecule has 6 heteroatoms. The van der Waals surface area contributed by atoms with Crippen molar-refractivity contribution in [2.45, 2.75) is 13.3 Å². The zero-order valence-electron chi connectivity index (χ0n) is 10.4. The van der Waals surface area contributed by atoms with Gasteiger partial charge in [0, 0.05) is 16.2 Å². The molecule has 0 saturated carbocycles. The molecule has 1 aromatic carbocycles. The summed E-state index contributed by atoms with van der Waals surface area (Å²) in [5.74, 6) is -0.454. The number of Topliss-reactive ketones (excluding diaryl/α,β-unsaturated/α-hetero) is 1. The summed E-state index contributed by atoms with van der Waals surface area (Å²) in [6, 6.07) is 4.12. The van der Waals surface area contributed by atoms with Crippen molar-refractivity contribution in [2.75, 3.05) is 0 Å². The van der Waals surface area contributed by atoms with Gasteiger partial charge >= 0.3 is 0 Å². The van der Waals surface area contributed by atoms with E-state index in [0.29, 0.717) is 25.5 Å². The first-order valence-electron chi connectivity index (χ1n) is 5.56. The maximum absolute atomic E-state index is 13.0. The topological polar surface area (TPSA) is 34.9 Å². The standard InChI is InChI=1S/C13H11ClFIN2O/c1-7-13(14)11(18(2)17-7)6-12(19)9-4-3-8(15)5-10(9)16/h3-5H,6H2,1-2H3. The minimum absolute atomic E-state index is 0.102. The second kappa shape index (κ2) is 5.58. The fraction of sp³-hybridized carbons (Fsp3) is 0.231. The van der Waals surface area contributed by atoms with E-state index in [0.717, 1.165) is 0 Å². The Kier molecular flexibility index (Phi) is 4.25. The molecule has 100 valence electrons. The van der Waals surface area contributed by atoms with Crippen LogP contribution >= 0.6 is 34.2 Å². The lowest BCUT2D eigenvalue weighted by Crippen LogP contribution is -2.10. The van der Waals surface area contributed by atoms with Crippen molar-refractivity contribution < 1.29 is 9.18 Å². The molecule has 0 spiro atoms. The van der Waals surface area contributed by atoms with Crippen LogP contribution < -0.4 is 0 Å². The van der Waals surface area contributed by atoms with Crippen LogP contribution in [0.2, 0.25) is 5.02 Å². The fourth-order valence-corrected chi connectivity index (χ4v) is 2.84. The minimum Gasteiger partial charge on any atom is -0.294 e. The third-order valence-electron chi connectivity index (χ3n) is 2.82. The number of aromatic nitrogens is 2. The normalized spacial score (nSPS) is 10.8. The van der Waals surface area contributed by atoms with Gasteiger partial charge in [0.05, 0.1) is 22.8 Å². The van der Waals surface area contributed by atoms with Crippen LogP contribution in [0.1, 0.15) is 21.7 Å². The van der Waals surface area contributed by atoms with Crippen LogP contribution in [0.25, 0.3) is 0 Å². The second-order valence-electron chi connectivity index (χ2n) is 4.19. The molecule has 2 aromatic rings. The van der Waals surface area contributed by atoms with E-state index in [1.54, 1.807) is 18.7 Å². The molecule has 0 saturated heterocycles. The maximum atomic E-state index is 13.0. The number of nitrogens with zero attached hydrogens (tertiary/aromatic N) is 2. The number of hydrogen-bond acceptors (Lipinski definition) is 2. The molecule has 0 bridgehead atoms. The van der Waals surface area contributed by atoms with E-state index < -0.39 is 0 Å². The highest BCUT2D eigenvalue weighted by Crippen LogP contribution is 2.22. The Labute approximate surface area is 128 Å². The van der Waals surface area contributed by atoms with Crippen LogP contribution in [-0.2, 0) is 13.5 Å². The quantitative estimate of drug-likeness (QED) is 0.591. The number of halogens is 3. The van der Waals surface area contributed by atoms with Gasteiger partial charge in [0.2, 0.25) is 0 Å². The van der Waals surface area contributed by atoms with E-state index in [4.69, 9.17) is 11.6 Å². The lowest BCUT2D eigenvalue weighted by molar-refractivity contribution is 0.0990. The van der Waals surface area contributed by atoms with Gasteiger partial charge in [0.15, 0.2) is 5.78 Å². The molecule has 0 unspecified atom stereocenters. The zero-order valence-corrected chi connectivity index (χ0v) is 13.3. The molecule has 0 radical (unpaired) electrons. The number of carbonyl (C=O) groups is 1. The van der Waals surface area contributed by atoms with Gasteiger partial charge in [-0.25, -0.2) is 4.39 Å². The van der Waals surface area contributed by atoms with Crippen molar-refractivity contribution in [3.8, 4) is 0 Å². The molecule has 0 amide bonds. The van der Waals surface area contributed by atoms with Crippen LogP contribution in [-0.4, -0.2) is 15.6 Å². The Morgan fingerprint density at radius 3 is 2.74 bits per heavy atom. The van der Waals surface area contributed by atoms with Gasteiger partial charge in [-0.1, -0.05) is 11.6 Å². The van der Waals surface area contributed by atoms with Gasteiger partial charge in [-0.15, -0.1) is 0 Å². The van der Waals surface area contributed by atoms with Crippen LogP contribution in [0.5, 0.6) is 0 Å². The van der Waals surface area contributed by atoms with E-state index in [-0.39, 0.29) is 18.0 Å². The molecule has 1 aromatic heterocycles. The van der Waals surface area contributed by atoms with Crippen molar-refractivity contribution in [1.82, 2.24) is 9.78 Å². The zero-order chi connectivity index (χ0) is 14.2. The fourth-order valence-electron chi connectivity index (χ4n) is 1.84. The summed E-state index contributed by atoms with van der Waals surface area (Å²) in [5.41, 5.74) is 1.86. The van der Waals surface area contributed by atoms with Crippen molar-refractivity contribution in [3.05, 3.63) is 49.6 Å². The summed E-state index contributed by atoms with van der Waals surface area (Å²) in [5, 5.41) is 4.67. The Balaban J connectivity index is 2.31. The molecule has 0 aliphatic heterocycles. The highest BCUT2D eigenvalue weighted by molar-refractivity contribution is 14.1. The highest BCUT2D eigenvalue weighted by atomic mass is 127. The summed E-state index contributed by atoms with van der Waals surface area (Å²) in [6.45, 7) is 1.79. The van der Waals surface area contributed by atoms with Crippen molar-refractivity contribution in [1.29, 1.82) is 0 Å². The summed E-state index contributed by atoms with van der Waals surface area (Å²) in [7, 11) is 1.75. The number of rotatable bonds is 3. The van der Waals surface area contributed by atoms with E-state index in [1.807, 2.05) is 22.6 Å². The van der Waals surface area contributed by atoms with Crippen LogP contribution in [0.4, 0.5) is 4.39 Å². The lowest BCUT2D eigenvalue weighted by atomic mass is 10.1. The van der Waals surface area contributed by atoms with Crippen molar-refractivity contribution in [3.63, 3.8) is 0 Å². The molecule has 1 heterocycles. The van der Waals surface area contributed by atoms with E-state index >= 15 is 0 Å². The molecular formula is C13H11ClFIN2O. The van der Waals surface area contributed by atoms with Gasteiger partial charge < -0.3 is 0 Å². The number of carbonyl (C=O) groups excluding carboxylic acids is 1. The van der Waals surface area contributed by atoms with Crippen molar-refractivity contribution in [2.24, 2.45) is 7.05 Å². The number of hydrogen-bond donors (Lipinski definition) is 0. The van der Waals surface area contributed by atoms with Gasteiger partial charge in [-0.2, -0.15) is 5.10 Å². The predicted molar refractivity (Wildman–Crippen MR) is 80.1 cm³/mol.